The van der Waals surface area contributed by atoms with Gasteiger partial charge in [-0.1, -0.05) is 0 Å². The van der Waals surface area contributed by atoms with Gasteiger partial charge in [0.2, 0.25) is 5.91 Å². The summed E-state index contributed by atoms with van der Waals surface area (Å²) in [5.41, 5.74) is 6.66. The number of aromatic nitrogens is 2. The molecule has 0 radical (unpaired) electrons. The van der Waals surface area contributed by atoms with Crippen LogP contribution >= 0.6 is 0 Å². The van der Waals surface area contributed by atoms with Crippen molar-refractivity contribution in [3.8, 4) is 0 Å². The number of alkyl halides is 3. The summed E-state index contributed by atoms with van der Waals surface area (Å²) in [6, 6.07) is 4.70. The van der Waals surface area contributed by atoms with E-state index in [4.69, 9.17) is 5.73 Å². The number of carbonyl (C=O) groups is 1. The number of rotatable bonds is 3. The highest BCUT2D eigenvalue weighted by molar-refractivity contribution is 5.96. The SMILES string of the molecule is NC(=O)c1ccc2c(c1)ncn2C(O)[C@H]1CC[C@H](C(F)(F)F)CC1. The van der Waals surface area contributed by atoms with E-state index in [1.807, 2.05) is 0 Å². The zero-order valence-electron chi connectivity index (χ0n) is 12.8. The van der Waals surface area contributed by atoms with Crippen molar-refractivity contribution in [3.05, 3.63) is 30.1 Å². The molecule has 1 atom stereocenters. The molecule has 0 bridgehead atoms. The number of nitrogens with two attached hydrogens (primary N) is 1. The van der Waals surface area contributed by atoms with Crippen molar-refractivity contribution in [2.24, 2.45) is 17.6 Å². The number of nitrogens with zero attached hydrogens (tertiary/aromatic N) is 2. The van der Waals surface area contributed by atoms with E-state index in [9.17, 15) is 23.1 Å². The van der Waals surface area contributed by atoms with Crippen LogP contribution in [0.3, 0.4) is 0 Å². The van der Waals surface area contributed by atoms with Crippen molar-refractivity contribution in [2.75, 3.05) is 0 Å². The predicted octanol–water partition coefficient (Wildman–Crippen LogP) is 2.99. The van der Waals surface area contributed by atoms with Gasteiger partial charge in [0.1, 0.15) is 6.23 Å². The molecular weight excluding hydrogens is 323 g/mol. The first-order valence-electron chi connectivity index (χ1n) is 7.78. The highest BCUT2D eigenvalue weighted by Crippen LogP contribution is 2.42. The standard InChI is InChI=1S/C16H18F3N3O2/c17-16(18,19)11-4-1-9(2-5-11)15(24)22-8-21-12-7-10(14(20)23)3-6-13(12)22/h3,6-9,11,15,24H,1-2,4-5H2,(H2,20,23)/t9-,11-,15?. The van der Waals surface area contributed by atoms with Gasteiger partial charge in [0.25, 0.3) is 0 Å². The summed E-state index contributed by atoms with van der Waals surface area (Å²) >= 11 is 0. The van der Waals surface area contributed by atoms with Gasteiger partial charge in [0.05, 0.1) is 23.3 Å². The Kier molecular flexibility index (Phi) is 4.25. The normalized spacial score (nSPS) is 23.3. The zero-order chi connectivity index (χ0) is 17.5. The van der Waals surface area contributed by atoms with E-state index >= 15 is 0 Å². The van der Waals surface area contributed by atoms with E-state index in [0.29, 0.717) is 29.4 Å². The molecule has 1 saturated carbocycles. The van der Waals surface area contributed by atoms with Crippen molar-refractivity contribution in [3.63, 3.8) is 0 Å². The third kappa shape index (κ3) is 3.10. The Bertz CT molecular complexity index is 749. The third-order valence-corrected chi connectivity index (χ3v) is 4.80. The number of hydrogen-bond donors (Lipinski definition) is 2. The summed E-state index contributed by atoms with van der Waals surface area (Å²) in [6.45, 7) is 0. The Morgan fingerprint density at radius 1 is 1.29 bits per heavy atom. The lowest BCUT2D eigenvalue weighted by Gasteiger charge is -2.32. The van der Waals surface area contributed by atoms with Crippen molar-refractivity contribution in [1.29, 1.82) is 0 Å². The van der Waals surface area contributed by atoms with Crippen LogP contribution in [0.1, 0.15) is 42.3 Å². The van der Waals surface area contributed by atoms with Crippen LogP contribution in [-0.4, -0.2) is 26.7 Å². The molecule has 1 unspecified atom stereocenters. The lowest BCUT2D eigenvalue weighted by Crippen LogP contribution is -2.30. The molecular formula is C16H18F3N3O2. The van der Waals surface area contributed by atoms with Crippen LogP contribution in [0, 0.1) is 11.8 Å². The van der Waals surface area contributed by atoms with Gasteiger partial charge in [-0.15, -0.1) is 0 Å². The molecule has 0 saturated heterocycles. The Hall–Kier alpha value is -2.09. The van der Waals surface area contributed by atoms with Gasteiger partial charge >= 0.3 is 6.18 Å². The summed E-state index contributed by atoms with van der Waals surface area (Å²) in [6.07, 6.45) is -2.98. The number of primary amides is 1. The van der Waals surface area contributed by atoms with E-state index in [2.05, 4.69) is 4.98 Å². The molecule has 130 valence electrons. The average Bonchev–Trinajstić information content (AvgIpc) is 2.96. The van der Waals surface area contributed by atoms with Crippen molar-refractivity contribution < 1.29 is 23.1 Å². The smallest absolute Gasteiger partial charge is 0.373 e. The van der Waals surface area contributed by atoms with Gasteiger partial charge in [-0.2, -0.15) is 13.2 Å². The summed E-state index contributed by atoms with van der Waals surface area (Å²) in [7, 11) is 0. The van der Waals surface area contributed by atoms with Crippen LogP contribution in [0.25, 0.3) is 11.0 Å². The lowest BCUT2D eigenvalue weighted by atomic mass is 9.80. The summed E-state index contributed by atoms with van der Waals surface area (Å²) in [5, 5.41) is 10.5. The predicted molar refractivity (Wildman–Crippen MR) is 81.0 cm³/mol. The molecule has 0 aliphatic heterocycles. The van der Waals surface area contributed by atoms with Crippen LogP contribution in [0.2, 0.25) is 0 Å². The van der Waals surface area contributed by atoms with E-state index in [-0.39, 0.29) is 18.8 Å². The molecule has 8 heteroatoms. The van der Waals surface area contributed by atoms with Gasteiger partial charge < -0.3 is 15.4 Å². The van der Waals surface area contributed by atoms with E-state index in [1.54, 1.807) is 10.6 Å². The monoisotopic (exact) mass is 341 g/mol. The lowest BCUT2D eigenvalue weighted by molar-refractivity contribution is -0.186. The number of fused-ring (bicyclic) bond motifs is 1. The van der Waals surface area contributed by atoms with E-state index in [1.165, 1.54) is 18.5 Å². The summed E-state index contributed by atoms with van der Waals surface area (Å²) in [5.74, 6) is -2.10. The van der Waals surface area contributed by atoms with E-state index in [0.717, 1.165) is 0 Å². The summed E-state index contributed by atoms with van der Waals surface area (Å²) in [4.78, 5) is 15.3. The number of aliphatic hydroxyl groups is 1. The highest BCUT2D eigenvalue weighted by Gasteiger charge is 2.42. The van der Waals surface area contributed by atoms with Crippen LogP contribution in [0.4, 0.5) is 13.2 Å². The van der Waals surface area contributed by atoms with Gasteiger partial charge in [-0.05, 0) is 43.9 Å². The fourth-order valence-corrected chi connectivity index (χ4v) is 3.37. The molecule has 1 aliphatic carbocycles. The minimum atomic E-state index is -4.16. The Morgan fingerprint density at radius 3 is 2.54 bits per heavy atom. The zero-order valence-corrected chi connectivity index (χ0v) is 12.8. The van der Waals surface area contributed by atoms with Crippen LogP contribution in [-0.2, 0) is 0 Å². The van der Waals surface area contributed by atoms with Crippen molar-refractivity contribution in [2.45, 2.75) is 38.1 Å². The largest absolute Gasteiger partial charge is 0.391 e. The minimum Gasteiger partial charge on any atom is -0.373 e. The molecule has 1 aromatic carbocycles. The maximum Gasteiger partial charge on any atom is 0.391 e. The number of amides is 1. The fraction of sp³-hybridized carbons (Fsp3) is 0.500. The van der Waals surface area contributed by atoms with Crippen LogP contribution in [0.15, 0.2) is 24.5 Å². The number of halogens is 3. The molecule has 1 aromatic heterocycles. The van der Waals surface area contributed by atoms with Gasteiger partial charge in [0.15, 0.2) is 0 Å². The Labute approximate surface area is 136 Å². The number of imidazole rings is 1. The fourth-order valence-electron chi connectivity index (χ4n) is 3.37. The second-order valence-corrected chi connectivity index (χ2v) is 6.29. The average molecular weight is 341 g/mol. The molecule has 0 spiro atoms. The van der Waals surface area contributed by atoms with Gasteiger partial charge in [-0.25, -0.2) is 4.98 Å². The second-order valence-electron chi connectivity index (χ2n) is 6.29. The molecule has 1 fully saturated rings. The first-order chi connectivity index (χ1) is 11.3. The Balaban J connectivity index is 1.77. The number of hydrogen-bond acceptors (Lipinski definition) is 3. The number of carbonyl (C=O) groups excluding carboxylic acids is 1. The summed E-state index contributed by atoms with van der Waals surface area (Å²) < 4.78 is 39.8. The number of benzene rings is 1. The molecule has 5 nitrogen and oxygen atoms in total. The minimum absolute atomic E-state index is 0.0314. The first kappa shape index (κ1) is 16.8. The van der Waals surface area contributed by atoms with Gasteiger partial charge in [0, 0.05) is 11.5 Å². The Morgan fingerprint density at radius 2 is 1.96 bits per heavy atom. The quantitative estimate of drug-likeness (QED) is 0.900. The highest BCUT2D eigenvalue weighted by atomic mass is 19.4. The molecule has 3 N–H and O–H groups in total. The van der Waals surface area contributed by atoms with Crippen molar-refractivity contribution >= 4 is 16.9 Å². The van der Waals surface area contributed by atoms with E-state index < -0.39 is 24.2 Å². The molecule has 1 amide bonds. The maximum atomic E-state index is 12.7. The second kappa shape index (κ2) is 6.08. The third-order valence-electron chi connectivity index (χ3n) is 4.80. The van der Waals surface area contributed by atoms with Crippen LogP contribution < -0.4 is 5.73 Å². The molecule has 24 heavy (non-hydrogen) atoms. The first-order valence-corrected chi connectivity index (χ1v) is 7.78. The van der Waals surface area contributed by atoms with Crippen LogP contribution in [0.5, 0.6) is 0 Å². The topological polar surface area (TPSA) is 81.1 Å². The van der Waals surface area contributed by atoms with Crippen molar-refractivity contribution in [1.82, 2.24) is 9.55 Å². The molecule has 2 aromatic rings. The maximum absolute atomic E-state index is 12.7. The molecule has 1 heterocycles. The number of aliphatic hydroxyl groups excluding tert-OH is 1. The molecule has 1 aliphatic rings. The van der Waals surface area contributed by atoms with Gasteiger partial charge in [-0.3, -0.25) is 4.79 Å². The molecule has 3 rings (SSSR count).